The molecule has 2 fully saturated rings. The molecular weight excluding hydrogens is 396 g/mol. The van der Waals surface area contributed by atoms with E-state index in [-0.39, 0.29) is 5.69 Å². The maximum absolute atomic E-state index is 8.75. The molecule has 31 heavy (non-hydrogen) atoms. The third kappa shape index (κ3) is 5.50. The lowest BCUT2D eigenvalue weighted by Crippen LogP contribution is -2.30. The van der Waals surface area contributed by atoms with E-state index >= 15 is 0 Å². The lowest BCUT2D eigenvalue weighted by Gasteiger charge is -2.10. The van der Waals surface area contributed by atoms with Gasteiger partial charge in [-0.25, -0.2) is 9.97 Å². The normalized spacial score (nSPS) is 15.4. The quantitative estimate of drug-likeness (QED) is 0.559. The van der Waals surface area contributed by atoms with Crippen LogP contribution in [0.5, 0.6) is 0 Å². The zero-order chi connectivity index (χ0) is 21.5. The molecule has 5 rings (SSSR count). The summed E-state index contributed by atoms with van der Waals surface area (Å²) in [4.78, 5) is 8.07. The molecule has 3 N–H and O–H groups in total. The maximum Gasteiger partial charge on any atom is 0.158 e. The number of nitrogens with one attached hydrogen (secondary N) is 3. The van der Waals surface area contributed by atoms with Gasteiger partial charge in [-0.1, -0.05) is 0 Å². The summed E-state index contributed by atoms with van der Waals surface area (Å²) in [6.07, 6.45) is 7.21. The van der Waals surface area contributed by atoms with E-state index < -0.39 is 0 Å². The first kappa shape index (κ1) is 20.6. The van der Waals surface area contributed by atoms with E-state index in [2.05, 4.69) is 41.2 Å². The molecule has 0 amide bonds. The van der Waals surface area contributed by atoms with Gasteiger partial charge in [0.25, 0.3) is 0 Å². The molecule has 0 spiro atoms. The largest absolute Gasteiger partial charge is 0.386 e. The summed E-state index contributed by atoms with van der Waals surface area (Å²) >= 11 is 0. The Bertz CT molecular complexity index is 1020. The second-order valence-corrected chi connectivity index (χ2v) is 7.04. The Balaban J connectivity index is 0.000000334. The maximum atomic E-state index is 8.75. The zero-order valence-corrected chi connectivity index (χ0v) is 17.2. The number of anilines is 3. The van der Waals surface area contributed by atoms with Gasteiger partial charge in [-0.15, -0.1) is 10.2 Å². The number of rotatable bonds is 5. The first-order valence-electron chi connectivity index (χ1n) is 10.2. The van der Waals surface area contributed by atoms with Gasteiger partial charge in [0, 0.05) is 32.4 Å². The van der Waals surface area contributed by atoms with Crippen molar-refractivity contribution in [2.75, 3.05) is 44.0 Å². The Kier molecular flexibility index (Phi) is 6.61. The van der Waals surface area contributed by atoms with Crippen LogP contribution in [0.2, 0.25) is 0 Å². The average Bonchev–Trinajstić information content (AvgIpc) is 3.58. The first-order chi connectivity index (χ1) is 15.3. The topological polar surface area (TPSA) is 138 Å². The van der Waals surface area contributed by atoms with Gasteiger partial charge >= 0.3 is 0 Å². The van der Waals surface area contributed by atoms with E-state index in [1.807, 2.05) is 36.1 Å². The van der Waals surface area contributed by atoms with Gasteiger partial charge in [0.2, 0.25) is 0 Å². The Labute approximate surface area is 179 Å². The summed E-state index contributed by atoms with van der Waals surface area (Å²) in [6, 6.07) is 6.23. The van der Waals surface area contributed by atoms with E-state index in [0.717, 1.165) is 37.7 Å². The van der Waals surface area contributed by atoms with Gasteiger partial charge in [-0.05, 0) is 18.9 Å². The lowest BCUT2D eigenvalue weighted by atomic mass is 10.2. The van der Waals surface area contributed by atoms with Crippen molar-refractivity contribution in [1.82, 2.24) is 35.3 Å². The van der Waals surface area contributed by atoms with E-state index in [1.54, 1.807) is 0 Å². The van der Waals surface area contributed by atoms with Crippen LogP contribution in [-0.2, 0) is 4.74 Å². The molecule has 1 saturated carbocycles. The fraction of sp³-hybridized carbons (Fsp3) is 0.400. The summed E-state index contributed by atoms with van der Waals surface area (Å²) in [6.45, 7) is 3.83. The van der Waals surface area contributed by atoms with E-state index in [4.69, 9.17) is 10.00 Å². The summed E-state index contributed by atoms with van der Waals surface area (Å²) in [5, 5.41) is 31.1. The van der Waals surface area contributed by atoms with Crippen molar-refractivity contribution in [2.45, 2.75) is 18.9 Å². The van der Waals surface area contributed by atoms with Crippen molar-refractivity contribution < 1.29 is 4.74 Å². The predicted molar refractivity (Wildman–Crippen MR) is 115 cm³/mol. The Morgan fingerprint density at radius 2 is 2.00 bits per heavy atom. The van der Waals surface area contributed by atoms with Crippen LogP contribution in [0.1, 0.15) is 24.6 Å². The number of morpholine rings is 1. The highest BCUT2D eigenvalue weighted by Crippen LogP contribution is 2.35. The third-order valence-corrected chi connectivity index (χ3v) is 4.70. The van der Waals surface area contributed by atoms with Crippen LogP contribution in [0.25, 0.3) is 11.4 Å². The van der Waals surface area contributed by atoms with Crippen molar-refractivity contribution in [2.24, 2.45) is 0 Å². The monoisotopic (exact) mass is 420 g/mol. The summed E-state index contributed by atoms with van der Waals surface area (Å²) in [5.74, 6) is 1.01. The Morgan fingerprint density at radius 1 is 1.16 bits per heavy atom. The molecule has 2 aliphatic rings. The van der Waals surface area contributed by atoms with Crippen molar-refractivity contribution in [3.8, 4) is 17.5 Å². The molecule has 0 unspecified atom stereocenters. The molecule has 4 heterocycles. The van der Waals surface area contributed by atoms with Crippen LogP contribution in [0.15, 0.2) is 30.7 Å². The molecule has 11 nitrogen and oxygen atoms in total. The van der Waals surface area contributed by atoms with Gasteiger partial charge < -0.3 is 20.7 Å². The molecule has 1 saturated heterocycles. The van der Waals surface area contributed by atoms with Crippen LogP contribution in [-0.4, -0.2) is 63.3 Å². The van der Waals surface area contributed by atoms with Crippen molar-refractivity contribution in [3.63, 3.8) is 0 Å². The van der Waals surface area contributed by atoms with Gasteiger partial charge in [0.1, 0.15) is 23.3 Å². The van der Waals surface area contributed by atoms with Crippen LogP contribution < -0.4 is 16.0 Å². The number of nitrogens with zero attached hydrogens (tertiary/aromatic N) is 7. The summed E-state index contributed by atoms with van der Waals surface area (Å²) in [7, 11) is 1.82. The fourth-order valence-corrected chi connectivity index (χ4v) is 2.94. The van der Waals surface area contributed by atoms with Crippen molar-refractivity contribution in [3.05, 3.63) is 36.4 Å². The molecular formula is C20H24N10O. The number of hydrogen-bond donors (Lipinski definition) is 3. The van der Waals surface area contributed by atoms with E-state index in [9.17, 15) is 0 Å². The predicted octanol–water partition coefficient (Wildman–Crippen LogP) is 1.73. The van der Waals surface area contributed by atoms with Gasteiger partial charge in [0.05, 0.1) is 37.3 Å². The average molecular weight is 420 g/mol. The number of nitriles is 1. The molecule has 160 valence electrons. The van der Waals surface area contributed by atoms with Crippen LogP contribution in [0.3, 0.4) is 0 Å². The first-order valence-corrected chi connectivity index (χ1v) is 10.2. The minimum Gasteiger partial charge on any atom is -0.386 e. The fourth-order valence-electron chi connectivity index (χ4n) is 2.94. The molecule has 3 aromatic rings. The van der Waals surface area contributed by atoms with Crippen LogP contribution in [0.4, 0.5) is 17.3 Å². The molecule has 0 aromatic carbocycles. The van der Waals surface area contributed by atoms with E-state index in [0.29, 0.717) is 23.4 Å². The second kappa shape index (κ2) is 9.92. The smallest absolute Gasteiger partial charge is 0.158 e. The molecule has 0 radical (unpaired) electrons. The highest BCUT2D eigenvalue weighted by molar-refractivity contribution is 5.73. The van der Waals surface area contributed by atoms with E-state index in [1.165, 1.54) is 25.2 Å². The van der Waals surface area contributed by atoms with Gasteiger partial charge in [-0.3, -0.25) is 4.68 Å². The SMILES string of the molecule is C1COCCN1.CNc1cc(Nc2cnc(C#N)cn2)nnc1-c1ccn(C2CC2)n1. The van der Waals surface area contributed by atoms with Gasteiger partial charge in [0.15, 0.2) is 11.5 Å². The summed E-state index contributed by atoms with van der Waals surface area (Å²) in [5.41, 5.74) is 2.54. The van der Waals surface area contributed by atoms with Crippen molar-refractivity contribution in [1.29, 1.82) is 5.26 Å². The highest BCUT2D eigenvalue weighted by atomic mass is 16.5. The van der Waals surface area contributed by atoms with Crippen LogP contribution >= 0.6 is 0 Å². The lowest BCUT2D eigenvalue weighted by molar-refractivity contribution is 0.109. The Morgan fingerprint density at radius 3 is 2.58 bits per heavy atom. The minimum absolute atomic E-state index is 0.258. The second-order valence-electron chi connectivity index (χ2n) is 7.04. The zero-order valence-electron chi connectivity index (χ0n) is 17.2. The molecule has 1 aliphatic carbocycles. The molecule has 11 heteroatoms. The highest BCUT2D eigenvalue weighted by Gasteiger charge is 2.25. The molecule has 0 atom stereocenters. The molecule has 1 aliphatic heterocycles. The summed E-state index contributed by atoms with van der Waals surface area (Å²) < 4.78 is 6.99. The molecule has 0 bridgehead atoms. The minimum atomic E-state index is 0.258. The number of aromatic nitrogens is 6. The Hall–Kier alpha value is -3.62. The molecule has 3 aromatic heterocycles. The van der Waals surface area contributed by atoms with Crippen molar-refractivity contribution >= 4 is 17.3 Å². The third-order valence-electron chi connectivity index (χ3n) is 4.70. The van der Waals surface area contributed by atoms with Crippen LogP contribution in [0, 0.1) is 11.3 Å². The number of hydrogen-bond acceptors (Lipinski definition) is 10. The number of ether oxygens (including phenoxy) is 1. The van der Waals surface area contributed by atoms with Gasteiger partial charge in [-0.2, -0.15) is 10.4 Å². The standard InChI is InChI=1S/C16H15N9.C4H9NO/c1-18-13-6-14(21-15-9-19-10(7-17)8-20-15)22-23-16(13)12-4-5-25(24-12)11-2-3-11;1-3-6-4-2-5-1/h4-6,8-9,11H,2-3H2,1H3,(H2,18,20,21,22);5H,1-4H2.